The van der Waals surface area contributed by atoms with Crippen LogP contribution in [0.15, 0.2) is 30.5 Å². The van der Waals surface area contributed by atoms with Crippen LogP contribution >= 0.6 is 0 Å². The highest BCUT2D eigenvalue weighted by Crippen LogP contribution is 2.31. The van der Waals surface area contributed by atoms with Gasteiger partial charge in [-0.1, -0.05) is 25.1 Å². The highest BCUT2D eigenvalue weighted by atomic mass is 16.5. The monoisotopic (exact) mass is 478 g/mol. The number of benzene rings is 1. The van der Waals surface area contributed by atoms with Crippen molar-refractivity contribution in [2.45, 2.75) is 65.1 Å². The molecule has 1 aliphatic rings. The van der Waals surface area contributed by atoms with Gasteiger partial charge in [0, 0.05) is 55.6 Å². The van der Waals surface area contributed by atoms with E-state index in [0.29, 0.717) is 24.6 Å². The number of nitrogens with two attached hydrogens (primary N) is 1. The van der Waals surface area contributed by atoms with E-state index in [1.165, 1.54) is 0 Å². The first-order valence-electron chi connectivity index (χ1n) is 12.4. The Hall–Kier alpha value is -3.46. The number of hydrogen-bond acceptors (Lipinski definition) is 6. The maximum absolute atomic E-state index is 12.8. The fraction of sp³-hybridized carbons (Fsp3) is 0.462. The van der Waals surface area contributed by atoms with E-state index < -0.39 is 5.91 Å². The summed E-state index contributed by atoms with van der Waals surface area (Å²) >= 11 is 0. The van der Waals surface area contributed by atoms with Crippen LogP contribution in [0.25, 0.3) is 11.0 Å². The molecule has 2 aromatic heterocycles. The predicted octanol–water partition coefficient (Wildman–Crippen LogP) is 2.95. The van der Waals surface area contributed by atoms with Crippen molar-refractivity contribution in [1.29, 1.82) is 0 Å². The van der Waals surface area contributed by atoms with Gasteiger partial charge in [-0.2, -0.15) is 5.10 Å². The number of carbonyl (C=O) groups excluding carboxylic acids is 2. The number of aromatic nitrogens is 3. The minimum Gasteiger partial charge on any atom is -0.381 e. The Morgan fingerprint density at radius 3 is 2.69 bits per heavy atom. The second-order valence-corrected chi connectivity index (χ2v) is 8.79. The van der Waals surface area contributed by atoms with Gasteiger partial charge in [0.2, 0.25) is 11.8 Å². The second-order valence-electron chi connectivity index (χ2n) is 8.79. The zero-order valence-electron chi connectivity index (χ0n) is 20.5. The Bertz CT molecular complexity index is 1200. The number of anilines is 1. The van der Waals surface area contributed by atoms with Crippen LogP contribution in [0.3, 0.4) is 0 Å². The molecule has 1 saturated heterocycles. The number of primary amides is 1. The molecule has 9 nitrogen and oxygen atoms in total. The molecule has 35 heavy (non-hydrogen) atoms. The van der Waals surface area contributed by atoms with Crippen LogP contribution in [0.5, 0.6) is 0 Å². The molecule has 3 aromatic rings. The van der Waals surface area contributed by atoms with Crippen molar-refractivity contribution >= 4 is 28.5 Å². The van der Waals surface area contributed by atoms with Crippen LogP contribution in [0, 0.1) is 0 Å². The van der Waals surface area contributed by atoms with E-state index in [1.807, 2.05) is 23.0 Å². The molecule has 0 saturated carbocycles. The van der Waals surface area contributed by atoms with Gasteiger partial charge in [-0.3, -0.25) is 9.59 Å². The van der Waals surface area contributed by atoms with E-state index in [0.717, 1.165) is 72.6 Å². The Balaban J connectivity index is 1.55. The maximum Gasteiger partial charge on any atom is 0.248 e. The van der Waals surface area contributed by atoms with Crippen LogP contribution in [0.1, 0.15) is 60.3 Å². The van der Waals surface area contributed by atoms with E-state index in [2.05, 4.69) is 29.6 Å². The summed E-state index contributed by atoms with van der Waals surface area (Å²) in [5, 5.41) is 12.3. The fourth-order valence-electron chi connectivity index (χ4n) is 4.60. The molecule has 2 amide bonds. The third-order valence-corrected chi connectivity index (χ3v) is 6.54. The van der Waals surface area contributed by atoms with Crippen LogP contribution in [0.2, 0.25) is 0 Å². The first-order chi connectivity index (χ1) is 17.0. The summed E-state index contributed by atoms with van der Waals surface area (Å²) in [5.74, 6) is -0.572. The fourth-order valence-corrected chi connectivity index (χ4v) is 4.60. The van der Waals surface area contributed by atoms with Gasteiger partial charge in [0.15, 0.2) is 5.65 Å². The minimum absolute atomic E-state index is 0.0901. The number of amides is 2. The SMILES string of the molecule is CCc1nc2c(cnn2CC)c(NC2CCOCC2)c1CNC(=O)CCc1ccccc1C(N)=O. The molecule has 0 atom stereocenters. The molecule has 1 fully saturated rings. The van der Waals surface area contributed by atoms with Crippen molar-refractivity contribution in [2.24, 2.45) is 5.73 Å². The molecule has 9 heteroatoms. The Morgan fingerprint density at radius 2 is 1.97 bits per heavy atom. The van der Waals surface area contributed by atoms with Crippen molar-refractivity contribution in [3.8, 4) is 0 Å². The van der Waals surface area contributed by atoms with Gasteiger partial charge in [0.1, 0.15) is 0 Å². The Morgan fingerprint density at radius 1 is 1.20 bits per heavy atom. The largest absolute Gasteiger partial charge is 0.381 e. The topological polar surface area (TPSA) is 124 Å². The van der Waals surface area contributed by atoms with Crippen molar-refractivity contribution < 1.29 is 14.3 Å². The molecule has 0 radical (unpaired) electrons. The first kappa shape index (κ1) is 24.7. The van der Waals surface area contributed by atoms with Crippen molar-refractivity contribution in [2.75, 3.05) is 18.5 Å². The van der Waals surface area contributed by atoms with Crippen LogP contribution in [-0.2, 0) is 35.5 Å². The van der Waals surface area contributed by atoms with E-state index in [9.17, 15) is 9.59 Å². The highest BCUT2D eigenvalue weighted by molar-refractivity contribution is 5.94. The molecule has 0 spiro atoms. The molecule has 4 rings (SSSR count). The van der Waals surface area contributed by atoms with Gasteiger partial charge in [-0.05, 0) is 44.2 Å². The van der Waals surface area contributed by atoms with Gasteiger partial charge < -0.3 is 21.1 Å². The van der Waals surface area contributed by atoms with Crippen molar-refractivity contribution in [3.63, 3.8) is 0 Å². The number of hydrogen-bond donors (Lipinski definition) is 3. The molecule has 0 bridgehead atoms. The summed E-state index contributed by atoms with van der Waals surface area (Å²) in [5.41, 5.74) is 10.5. The normalized spacial score (nSPS) is 14.2. The second kappa shape index (κ2) is 11.3. The maximum atomic E-state index is 12.8. The lowest BCUT2D eigenvalue weighted by Crippen LogP contribution is -2.30. The molecule has 0 aliphatic carbocycles. The molecule has 1 aromatic carbocycles. The number of rotatable bonds is 10. The van der Waals surface area contributed by atoms with E-state index >= 15 is 0 Å². The lowest BCUT2D eigenvalue weighted by Gasteiger charge is -2.26. The van der Waals surface area contributed by atoms with Crippen LogP contribution in [-0.4, -0.2) is 45.8 Å². The third-order valence-electron chi connectivity index (χ3n) is 6.54. The lowest BCUT2D eigenvalue weighted by molar-refractivity contribution is -0.121. The first-order valence-corrected chi connectivity index (χ1v) is 12.4. The molecule has 1 aliphatic heterocycles. The number of nitrogens with one attached hydrogen (secondary N) is 2. The van der Waals surface area contributed by atoms with Gasteiger partial charge in [0.05, 0.1) is 17.3 Å². The number of fused-ring (bicyclic) bond motifs is 1. The van der Waals surface area contributed by atoms with E-state index in [-0.39, 0.29) is 12.3 Å². The van der Waals surface area contributed by atoms with Crippen LogP contribution in [0.4, 0.5) is 5.69 Å². The van der Waals surface area contributed by atoms with Gasteiger partial charge in [-0.25, -0.2) is 9.67 Å². The third kappa shape index (κ3) is 5.62. The van der Waals surface area contributed by atoms with Gasteiger partial charge >= 0.3 is 0 Å². The summed E-state index contributed by atoms with van der Waals surface area (Å²) in [6, 6.07) is 7.44. The number of nitrogens with zero attached hydrogens (tertiary/aromatic N) is 3. The van der Waals surface area contributed by atoms with Gasteiger partial charge in [-0.15, -0.1) is 0 Å². The lowest BCUT2D eigenvalue weighted by atomic mass is 10.0. The van der Waals surface area contributed by atoms with Crippen molar-refractivity contribution in [3.05, 3.63) is 52.8 Å². The van der Waals surface area contributed by atoms with Crippen molar-refractivity contribution in [1.82, 2.24) is 20.1 Å². The smallest absolute Gasteiger partial charge is 0.248 e. The summed E-state index contributed by atoms with van der Waals surface area (Å²) in [6.45, 7) is 6.70. The summed E-state index contributed by atoms with van der Waals surface area (Å²) < 4.78 is 7.44. The standard InChI is InChI=1S/C26H34N6O3/c1-3-22-20(15-28-23(33)10-9-17-7-5-6-8-19(17)25(27)34)24(30-18-11-13-35-14-12-18)21-16-29-32(4-2)26(21)31-22/h5-8,16,18H,3-4,9-15H2,1-2H3,(H2,27,34)(H,28,33)(H,30,31). The predicted molar refractivity (Wildman–Crippen MR) is 135 cm³/mol. The number of pyridine rings is 1. The highest BCUT2D eigenvalue weighted by Gasteiger charge is 2.22. The van der Waals surface area contributed by atoms with E-state index in [4.69, 9.17) is 15.5 Å². The Labute approximate surface area is 205 Å². The Kier molecular flexibility index (Phi) is 7.97. The molecule has 3 heterocycles. The van der Waals surface area contributed by atoms with E-state index in [1.54, 1.807) is 12.1 Å². The number of ether oxygens (including phenoxy) is 1. The molecule has 0 unspecified atom stereocenters. The van der Waals surface area contributed by atoms with Gasteiger partial charge in [0.25, 0.3) is 0 Å². The molecular formula is C26H34N6O3. The molecule has 4 N–H and O–H groups in total. The summed E-state index contributed by atoms with van der Waals surface area (Å²) in [6.07, 6.45) is 5.16. The number of carbonyl (C=O) groups is 2. The summed E-state index contributed by atoms with van der Waals surface area (Å²) in [7, 11) is 0. The summed E-state index contributed by atoms with van der Waals surface area (Å²) in [4.78, 5) is 29.4. The van der Waals surface area contributed by atoms with Crippen LogP contribution < -0.4 is 16.4 Å². The minimum atomic E-state index is -0.482. The number of aryl methyl sites for hydroxylation is 3. The zero-order chi connectivity index (χ0) is 24.8. The molecule has 186 valence electrons. The quantitative estimate of drug-likeness (QED) is 0.412. The average molecular weight is 479 g/mol. The average Bonchev–Trinajstić information content (AvgIpc) is 3.30. The zero-order valence-corrected chi connectivity index (χ0v) is 20.5. The molecular weight excluding hydrogens is 444 g/mol.